The Hall–Kier alpha value is -0.0500. The topological polar surface area (TPSA) is 29.1 Å². The molecule has 0 aromatic rings. The third-order valence-corrected chi connectivity index (χ3v) is 5.59. The fourth-order valence-electron chi connectivity index (χ4n) is 3.82. The van der Waals surface area contributed by atoms with Crippen molar-refractivity contribution >= 4 is 21.8 Å². The molecule has 0 saturated heterocycles. The van der Waals surface area contributed by atoms with E-state index in [4.69, 9.17) is 0 Å². The fourth-order valence-corrected chi connectivity index (χ4v) is 4.60. The highest BCUT2D eigenvalue weighted by molar-refractivity contribution is 9.09. The molecule has 4 atom stereocenters. The summed E-state index contributed by atoms with van der Waals surface area (Å²) < 4.78 is 0. The van der Waals surface area contributed by atoms with Gasteiger partial charge in [0.2, 0.25) is 5.91 Å². The molecule has 1 amide bonds. The lowest BCUT2D eigenvalue weighted by molar-refractivity contribution is -0.127. The number of alkyl halides is 1. The van der Waals surface area contributed by atoms with Crippen molar-refractivity contribution in [2.45, 2.75) is 58.3 Å². The van der Waals surface area contributed by atoms with Crippen LogP contribution in [0.3, 0.4) is 0 Å². The number of nitrogens with one attached hydrogen (secondary N) is 1. The van der Waals surface area contributed by atoms with Gasteiger partial charge in [0.25, 0.3) is 0 Å². The minimum atomic E-state index is 0.301. The van der Waals surface area contributed by atoms with Crippen molar-refractivity contribution in [3.63, 3.8) is 0 Å². The number of hydrogen-bond acceptors (Lipinski definition) is 1. The molecule has 2 aliphatic carbocycles. The van der Waals surface area contributed by atoms with E-state index in [2.05, 4.69) is 28.2 Å². The summed E-state index contributed by atoms with van der Waals surface area (Å²) in [5.41, 5.74) is 0. The summed E-state index contributed by atoms with van der Waals surface area (Å²) in [6, 6.07) is 0. The second kappa shape index (κ2) is 7.66. The summed E-state index contributed by atoms with van der Waals surface area (Å²) in [5, 5.41) is 4.20. The highest BCUT2D eigenvalue weighted by Gasteiger charge is 2.34. The van der Waals surface area contributed by atoms with Crippen LogP contribution in [0.25, 0.3) is 0 Å². The van der Waals surface area contributed by atoms with Gasteiger partial charge in [-0.05, 0) is 43.4 Å². The maximum Gasteiger partial charge on any atom is 0.223 e. The normalized spacial score (nSPS) is 32.4. The Bertz CT molecular complexity index is 294. The molecule has 2 nitrogen and oxygen atoms in total. The standard InChI is InChI=1S/C16H28BrNO/c1-12(8-9-17)11-18-16(19)15-7-6-13-4-2-3-5-14(13)10-15/h12-15H,2-11H2,1H3,(H,18,19). The smallest absolute Gasteiger partial charge is 0.223 e. The van der Waals surface area contributed by atoms with Crippen molar-refractivity contribution < 1.29 is 4.79 Å². The zero-order valence-corrected chi connectivity index (χ0v) is 13.8. The van der Waals surface area contributed by atoms with Crippen LogP contribution in [-0.4, -0.2) is 17.8 Å². The first-order chi connectivity index (χ1) is 9.20. The Morgan fingerprint density at radius 1 is 1.21 bits per heavy atom. The van der Waals surface area contributed by atoms with Gasteiger partial charge in [0.05, 0.1) is 0 Å². The zero-order valence-electron chi connectivity index (χ0n) is 12.2. The predicted molar refractivity (Wildman–Crippen MR) is 83.4 cm³/mol. The van der Waals surface area contributed by atoms with Crippen molar-refractivity contribution in [2.24, 2.45) is 23.7 Å². The molecule has 0 heterocycles. The molecule has 0 radical (unpaired) electrons. The molecule has 2 saturated carbocycles. The van der Waals surface area contributed by atoms with E-state index in [0.717, 1.165) is 43.0 Å². The number of carbonyl (C=O) groups excluding carboxylic acids is 1. The maximum absolute atomic E-state index is 12.3. The van der Waals surface area contributed by atoms with Gasteiger partial charge in [-0.15, -0.1) is 0 Å². The number of fused-ring (bicyclic) bond motifs is 1. The summed E-state index contributed by atoms with van der Waals surface area (Å²) in [7, 11) is 0. The molecule has 4 unspecified atom stereocenters. The summed E-state index contributed by atoms with van der Waals surface area (Å²) in [6.07, 6.45) is 10.3. The molecule has 0 aromatic carbocycles. The fraction of sp³-hybridized carbons (Fsp3) is 0.938. The number of hydrogen-bond donors (Lipinski definition) is 1. The molecule has 2 rings (SSSR count). The van der Waals surface area contributed by atoms with E-state index in [-0.39, 0.29) is 0 Å². The van der Waals surface area contributed by atoms with Gasteiger partial charge >= 0.3 is 0 Å². The minimum absolute atomic E-state index is 0.301. The average molecular weight is 330 g/mol. The summed E-state index contributed by atoms with van der Waals surface area (Å²) in [4.78, 5) is 12.3. The molecule has 19 heavy (non-hydrogen) atoms. The molecule has 0 aromatic heterocycles. The van der Waals surface area contributed by atoms with Crippen molar-refractivity contribution in [3.8, 4) is 0 Å². The maximum atomic E-state index is 12.3. The monoisotopic (exact) mass is 329 g/mol. The van der Waals surface area contributed by atoms with E-state index in [0.29, 0.717) is 17.7 Å². The molecule has 0 aliphatic heterocycles. The molecule has 1 N–H and O–H groups in total. The Labute approximate surface area is 126 Å². The van der Waals surface area contributed by atoms with Crippen molar-refractivity contribution in [1.82, 2.24) is 5.32 Å². The van der Waals surface area contributed by atoms with Crippen LogP contribution in [-0.2, 0) is 4.79 Å². The van der Waals surface area contributed by atoms with Crippen molar-refractivity contribution in [1.29, 1.82) is 0 Å². The van der Waals surface area contributed by atoms with Gasteiger partial charge in [-0.3, -0.25) is 4.79 Å². The third-order valence-electron chi connectivity index (χ3n) is 5.14. The number of amides is 1. The second-order valence-corrected chi connectivity index (χ2v) is 7.44. The van der Waals surface area contributed by atoms with Crippen LogP contribution >= 0.6 is 15.9 Å². The van der Waals surface area contributed by atoms with Gasteiger partial charge in [0, 0.05) is 17.8 Å². The largest absolute Gasteiger partial charge is 0.356 e. The van der Waals surface area contributed by atoms with Crippen molar-refractivity contribution in [3.05, 3.63) is 0 Å². The second-order valence-electron chi connectivity index (χ2n) is 6.64. The van der Waals surface area contributed by atoms with Crippen LogP contribution in [0.15, 0.2) is 0 Å². The highest BCUT2D eigenvalue weighted by atomic mass is 79.9. The van der Waals surface area contributed by atoms with E-state index >= 15 is 0 Å². The molecule has 2 fully saturated rings. The van der Waals surface area contributed by atoms with Gasteiger partial charge in [-0.25, -0.2) is 0 Å². The lowest BCUT2D eigenvalue weighted by Gasteiger charge is -2.38. The Kier molecular flexibility index (Phi) is 6.18. The van der Waals surface area contributed by atoms with E-state index in [1.807, 2.05) is 0 Å². The van der Waals surface area contributed by atoms with E-state index in [9.17, 15) is 4.79 Å². The van der Waals surface area contributed by atoms with Crippen LogP contribution in [0, 0.1) is 23.7 Å². The lowest BCUT2D eigenvalue weighted by atomic mass is 9.67. The Balaban J connectivity index is 1.74. The number of rotatable bonds is 5. The third kappa shape index (κ3) is 4.47. The van der Waals surface area contributed by atoms with Gasteiger partial charge in [-0.2, -0.15) is 0 Å². The van der Waals surface area contributed by atoms with E-state index in [1.165, 1.54) is 32.1 Å². The molecule has 0 spiro atoms. The molecule has 0 bridgehead atoms. The van der Waals surface area contributed by atoms with Crippen LogP contribution in [0.2, 0.25) is 0 Å². The van der Waals surface area contributed by atoms with Crippen LogP contribution < -0.4 is 5.32 Å². The Morgan fingerprint density at radius 3 is 2.68 bits per heavy atom. The first-order valence-electron chi connectivity index (χ1n) is 8.04. The first-order valence-corrected chi connectivity index (χ1v) is 9.16. The molecule has 3 heteroatoms. The van der Waals surface area contributed by atoms with Gasteiger partial charge in [0.1, 0.15) is 0 Å². The Morgan fingerprint density at radius 2 is 1.95 bits per heavy atom. The van der Waals surface area contributed by atoms with Crippen molar-refractivity contribution in [2.75, 3.05) is 11.9 Å². The highest BCUT2D eigenvalue weighted by Crippen LogP contribution is 2.42. The quantitative estimate of drug-likeness (QED) is 0.755. The van der Waals surface area contributed by atoms with Gasteiger partial charge in [0.15, 0.2) is 0 Å². The SMILES string of the molecule is CC(CCBr)CNC(=O)C1CCC2CCCCC2C1. The predicted octanol–water partition coefficient (Wildman–Crippen LogP) is 4.13. The lowest BCUT2D eigenvalue weighted by Crippen LogP contribution is -2.38. The number of carbonyl (C=O) groups is 1. The van der Waals surface area contributed by atoms with Crippen LogP contribution in [0.1, 0.15) is 58.3 Å². The molecular formula is C16H28BrNO. The summed E-state index contributed by atoms with van der Waals surface area (Å²) in [5.74, 6) is 2.98. The summed E-state index contributed by atoms with van der Waals surface area (Å²) in [6.45, 7) is 3.05. The number of halogens is 1. The van der Waals surface area contributed by atoms with Crippen LogP contribution in [0.5, 0.6) is 0 Å². The minimum Gasteiger partial charge on any atom is -0.356 e. The first kappa shape index (κ1) is 15.3. The summed E-state index contributed by atoms with van der Waals surface area (Å²) >= 11 is 3.46. The molecule has 2 aliphatic rings. The zero-order chi connectivity index (χ0) is 13.7. The van der Waals surface area contributed by atoms with E-state index < -0.39 is 0 Å². The molecule has 110 valence electrons. The van der Waals surface area contributed by atoms with Crippen LogP contribution in [0.4, 0.5) is 0 Å². The average Bonchev–Trinajstić information content (AvgIpc) is 2.44. The van der Waals surface area contributed by atoms with Gasteiger partial charge in [-0.1, -0.05) is 48.5 Å². The molecular weight excluding hydrogens is 302 g/mol. The van der Waals surface area contributed by atoms with Gasteiger partial charge < -0.3 is 5.32 Å². The van der Waals surface area contributed by atoms with E-state index in [1.54, 1.807) is 0 Å².